The standard InChI is InChI=1S/C18H26N2O/c1-3-17(21)20-13-11-18(15-8-6-5-7-9-15)10-12-19(4-2)16(18)14-20/h5-9,16H,3-4,10-14H2,1-2H3/t16-,18-/m1/s1. The highest BCUT2D eigenvalue weighted by atomic mass is 16.2. The van der Waals surface area contributed by atoms with E-state index in [1.54, 1.807) is 0 Å². The zero-order valence-electron chi connectivity index (χ0n) is 13.2. The first-order valence-corrected chi connectivity index (χ1v) is 8.28. The second-order valence-corrected chi connectivity index (χ2v) is 6.36. The lowest BCUT2D eigenvalue weighted by atomic mass is 9.69. The topological polar surface area (TPSA) is 23.6 Å². The van der Waals surface area contributed by atoms with Crippen LogP contribution in [0.2, 0.25) is 0 Å². The van der Waals surface area contributed by atoms with Gasteiger partial charge in [0, 0.05) is 31.0 Å². The number of hydrogen-bond acceptors (Lipinski definition) is 2. The van der Waals surface area contributed by atoms with E-state index in [9.17, 15) is 4.79 Å². The van der Waals surface area contributed by atoms with E-state index in [2.05, 4.69) is 47.1 Å². The Morgan fingerprint density at radius 1 is 1.19 bits per heavy atom. The first-order valence-electron chi connectivity index (χ1n) is 8.28. The van der Waals surface area contributed by atoms with E-state index in [0.29, 0.717) is 18.4 Å². The summed E-state index contributed by atoms with van der Waals surface area (Å²) in [6.07, 6.45) is 2.95. The number of nitrogens with zero attached hydrogens (tertiary/aromatic N) is 2. The predicted octanol–water partition coefficient (Wildman–Crippen LogP) is 2.66. The van der Waals surface area contributed by atoms with E-state index < -0.39 is 0 Å². The Hall–Kier alpha value is -1.35. The van der Waals surface area contributed by atoms with Gasteiger partial charge in [0.1, 0.15) is 0 Å². The molecule has 3 nitrogen and oxygen atoms in total. The average Bonchev–Trinajstić information content (AvgIpc) is 2.94. The third-order valence-electron chi connectivity index (χ3n) is 5.55. The Kier molecular flexibility index (Phi) is 4.03. The van der Waals surface area contributed by atoms with Crippen molar-refractivity contribution in [1.82, 2.24) is 9.80 Å². The Morgan fingerprint density at radius 2 is 1.90 bits per heavy atom. The highest BCUT2D eigenvalue weighted by molar-refractivity contribution is 5.76. The van der Waals surface area contributed by atoms with E-state index in [-0.39, 0.29) is 5.41 Å². The zero-order valence-corrected chi connectivity index (χ0v) is 13.2. The summed E-state index contributed by atoms with van der Waals surface area (Å²) in [4.78, 5) is 16.8. The minimum absolute atomic E-state index is 0.252. The van der Waals surface area contributed by atoms with Gasteiger partial charge >= 0.3 is 0 Å². The van der Waals surface area contributed by atoms with Gasteiger partial charge in [-0.1, -0.05) is 44.2 Å². The van der Waals surface area contributed by atoms with Crippen molar-refractivity contribution in [3.63, 3.8) is 0 Å². The molecule has 1 aromatic rings. The van der Waals surface area contributed by atoms with Crippen molar-refractivity contribution in [3.8, 4) is 0 Å². The van der Waals surface area contributed by atoms with Crippen LogP contribution in [0.3, 0.4) is 0 Å². The summed E-state index contributed by atoms with van der Waals surface area (Å²) in [5, 5.41) is 0. The molecule has 0 bridgehead atoms. The van der Waals surface area contributed by atoms with Crippen molar-refractivity contribution in [2.45, 2.75) is 44.6 Å². The van der Waals surface area contributed by atoms with Gasteiger partial charge < -0.3 is 4.90 Å². The number of amides is 1. The molecular formula is C18H26N2O. The van der Waals surface area contributed by atoms with E-state index in [1.165, 1.54) is 12.0 Å². The van der Waals surface area contributed by atoms with Crippen LogP contribution < -0.4 is 0 Å². The van der Waals surface area contributed by atoms with Crippen LogP contribution >= 0.6 is 0 Å². The first kappa shape index (κ1) is 14.6. The smallest absolute Gasteiger partial charge is 0.222 e. The van der Waals surface area contributed by atoms with Gasteiger partial charge in [0.05, 0.1) is 0 Å². The third kappa shape index (κ3) is 2.38. The Labute approximate surface area is 127 Å². The van der Waals surface area contributed by atoms with Gasteiger partial charge in [-0.25, -0.2) is 0 Å². The maximum Gasteiger partial charge on any atom is 0.222 e. The van der Waals surface area contributed by atoms with Crippen LogP contribution in [0.4, 0.5) is 0 Å². The van der Waals surface area contributed by atoms with E-state index in [0.717, 1.165) is 32.6 Å². The molecule has 0 aromatic heterocycles. The van der Waals surface area contributed by atoms with Gasteiger partial charge in [-0.15, -0.1) is 0 Å². The maximum absolute atomic E-state index is 12.1. The molecule has 3 rings (SSSR count). The fourth-order valence-electron chi connectivity index (χ4n) is 4.31. The third-order valence-corrected chi connectivity index (χ3v) is 5.55. The number of fused-ring (bicyclic) bond motifs is 1. The molecule has 2 aliphatic heterocycles. The van der Waals surface area contributed by atoms with Crippen molar-refractivity contribution in [1.29, 1.82) is 0 Å². The fourth-order valence-corrected chi connectivity index (χ4v) is 4.31. The highest BCUT2D eigenvalue weighted by Gasteiger charge is 2.51. The van der Waals surface area contributed by atoms with Gasteiger partial charge in [0.2, 0.25) is 5.91 Å². The number of likely N-dealkylation sites (tertiary alicyclic amines) is 2. The summed E-state index contributed by atoms with van der Waals surface area (Å²) in [7, 11) is 0. The SMILES string of the molecule is CCC(=O)N1CC[C@@]2(c3ccccc3)CCN(CC)[C@@H]2C1. The number of hydrogen-bond donors (Lipinski definition) is 0. The highest BCUT2D eigenvalue weighted by Crippen LogP contribution is 2.45. The lowest BCUT2D eigenvalue weighted by molar-refractivity contribution is -0.133. The van der Waals surface area contributed by atoms with Gasteiger partial charge in [-0.3, -0.25) is 9.69 Å². The Balaban J connectivity index is 1.92. The predicted molar refractivity (Wildman–Crippen MR) is 85.3 cm³/mol. The molecule has 2 atom stereocenters. The lowest BCUT2D eigenvalue weighted by Gasteiger charge is -2.46. The molecule has 0 aliphatic carbocycles. The second kappa shape index (κ2) is 5.80. The zero-order chi connectivity index (χ0) is 14.9. The molecule has 2 saturated heterocycles. The summed E-state index contributed by atoms with van der Waals surface area (Å²) in [5.74, 6) is 0.305. The molecule has 2 heterocycles. The molecular weight excluding hydrogens is 260 g/mol. The molecule has 1 amide bonds. The summed E-state index contributed by atoms with van der Waals surface area (Å²) >= 11 is 0. The number of benzene rings is 1. The van der Waals surface area contributed by atoms with Crippen molar-refractivity contribution in [3.05, 3.63) is 35.9 Å². The van der Waals surface area contributed by atoms with Crippen molar-refractivity contribution < 1.29 is 4.79 Å². The second-order valence-electron chi connectivity index (χ2n) is 6.36. The van der Waals surface area contributed by atoms with Crippen LogP contribution in [0.25, 0.3) is 0 Å². The van der Waals surface area contributed by atoms with Crippen LogP contribution in [0.5, 0.6) is 0 Å². The van der Waals surface area contributed by atoms with Crippen LogP contribution in [0.15, 0.2) is 30.3 Å². The molecule has 3 heteroatoms. The normalized spacial score (nSPS) is 29.4. The summed E-state index contributed by atoms with van der Waals surface area (Å²) in [6, 6.07) is 11.4. The number of likely N-dealkylation sites (N-methyl/N-ethyl adjacent to an activating group) is 1. The maximum atomic E-state index is 12.1. The monoisotopic (exact) mass is 286 g/mol. The number of rotatable bonds is 3. The number of carbonyl (C=O) groups excluding carboxylic acids is 1. The van der Waals surface area contributed by atoms with Gasteiger partial charge in [0.15, 0.2) is 0 Å². The Morgan fingerprint density at radius 3 is 2.57 bits per heavy atom. The minimum Gasteiger partial charge on any atom is -0.341 e. The van der Waals surface area contributed by atoms with Crippen LogP contribution in [0, 0.1) is 0 Å². The molecule has 0 radical (unpaired) electrons. The number of piperidine rings is 1. The van der Waals surface area contributed by atoms with E-state index in [4.69, 9.17) is 0 Å². The molecule has 21 heavy (non-hydrogen) atoms. The molecule has 0 saturated carbocycles. The van der Waals surface area contributed by atoms with Crippen molar-refractivity contribution in [2.75, 3.05) is 26.2 Å². The minimum atomic E-state index is 0.252. The first-order chi connectivity index (χ1) is 10.2. The van der Waals surface area contributed by atoms with Gasteiger partial charge in [-0.05, 0) is 31.5 Å². The molecule has 114 valence electrons. The van der Waals surface area contributed by atoms with E-state index >= 15 is 0 Å². The molecule has 2 fully saturated rings. The summed E-state index contributed by atoms with van der Waals surface area (Å²) < 4.78 is 0. The van der Waals surface area contributed by atoms with E-state index in [1.807, 2.05) is 6.92 Å². The average molecular weight is 286 g/mol. The molecule has 0 unspecified atom stereocenters. The van der Waals surface area contributed by atoms with Crippen LogP contribution in [-0.4, -0.2) is 47.9 Å². The van der Waals surface area contributed by atoms with Gasteiger partial charge in [-0.2, -0.15) is 0 Å². The van der Waals surface area contributed by atoms with Crippen molar-refractivity contribution >= 4 is 5.91 Å². The number of carbonyl (C=O) groups is 1. The molecule has 0 N–H and O–H groups in total. The van der Waals surface area contributed by atoms with Crippen LogP contribution in [0.1, 0.15) is 38.7 Å². The lowest BCUT2D eigenvalue weighted by Crippen LogP contribution is -2.56. The largest absolute Gasteiger partial charge is 0.341 e. The molecule has 2 aliphatic rings. The molecule has 0 spiro atoms. The quantitative estimate of drug-likeness (QED) is 0.853. The fraction of sp³-hybridized carbons (Fsp3) is 0.611. The van der Waals surface area contributed by atoms with Gasteiger partial charge in [0.25, 0.3) is 0 Å². The summed E-state index contributed by atoms with van der Waals surface area (Å²) in [5.41, 5.74) is 1.72. The Bertz CT molecular complexity index is 501. The molecule has 1 aromatic carbocycles. The summed E-state index contributed by atoms with van der Waals surface area (Å²) in [6.45, 7) is 8.25. The van der Waals surface area contributed by atoms with Crippen molar-refractivity contribution in [2.24, 2.45) is 0 Å². The van der Waals surface area contributed by atoms with Crippen LogP contribution in [-0.2, 0) is 10.2 Å².